The second-order valence-corrected chi connectivity index (χ2v) is 9.75. The van der Waals surface area contributed by atoms with E-state index in [4.69, 9.17) is 9.15 Å². The summed E-state index contributed by atoms with van der Waals surface area (Å²) in [6.45, 7) is 2.59. The Morgan fingerprint density at radius 1 is 1.25 bits per heavy atom. The van der Waals surface area contributed by atoms with E-state index >= 15 is 0 Å². The maximum atomic E-state index is 12.7. The molecule has 0 amide bonds. The Kier molecular flexibility index (Phi) is 5.52. The van der Waals surface area contributed by atoms with Gasteiger partial charge < -0.3 is 9.15 Å². The third-order valence-corrected chi connectivity index (χ3v) is 7.78. The minimum Gasteiger partial charge on any atom is -0.494 e. The van der Waals surface area contributed by atoms with Crippen LogP contribution in [0, 0.1) is 0 Å². The predicted octanol–water partition coefficient (Wildman–Crippen LogP) is 4.55. The van der Waals surface area contributed by atoms with Crippen molar-refractivity contribution in [2.24, 2.45) is 0 Å². The molecular weight excluding hydrogens is 396 g/mol. The van der Waals surface area contributed by atoms with Crippen molar-refractivity contribution in [2.45, 2.75) is 42.9 Å². The highest BCUT2D eigenvalue weighted by Gasteiger charge is 2.25. The molecule has 28 heavy (non-hydrogen) atoms. The first-order valence-electron chi connectivity index (χ1n) is 9.33. The van der Waals surface area contributed by atoms with Crippen molar-refractivity contribution in [3.8, 4) is 16.4 Å². The summed E-state index contributed by atoms with van der Waals surface area (Å²) >= 11 is 1.18. The fourth-order valence-corrected chi connectivity index (χ4v) is 5.34. The Balaban J connectivity index is 1.47. The van der Waals surface area contributed by atoms with Crippen LogP contribution >= 0.6 is 11.3 Å². The number of nitrogens with zero attached hydrogens (tertiary/aromatic N) is 1. The van der Waals surface area contributed by atoms with E-state index in [1.54, 1.807) is 18.3 Å². The summed E-state index contributed by atoms with van der Waals surface area (Å²) in [5.74, 6) is 2.47. The van der Waals surface area contributed by atoms with Gasteiger partial charge in [0.2, 0.25) is 10.0 Å². The third-order valence-electron chi connectivity index (χ3n) is 4.79. The summed E-state index contributed by atoms with van der Waals surface area (Å²) < 4.78 is 39.7. The summed E-state index contributed by atoms with van der Waals surface area (Å²) in [6, 6.07) is 10.8. The van der Waals surface area contributed by atoms with Gasteiger partial charge >= 0.3 is 0 Å². The first kappa shape index (κ1) is 19.2. The molecule has 1 aliphatic rings. The molecule has 4 rings (SSSR count). The molecule has 2 heterocycles. The Bertz CT molecular complexity index is 1050. The molecular formula is C20H22N2O4S2. The summed E-state index contributed by atoms with van der Waals surface area (Å²) in [7, 11) is -3.63. The van der Waals surface area contributed by atoms with Crippen LogP contribution < -0.4 is 9.46 Å². The number of ether oxygens (including phenoxy) is 1. The second kappa shape index (κ2) is 8.06. The number of para-hydroxylation sites is 1. The lowest BCUT2D eigenvalue weighted by Crippen LogP contribution is -2.22. The van der Waals surface area contributed by atoms with Crippen molar-refractivity contribution in [2.75, 3.05) is 6.61 Å². The number of oxazole rings is 1. The number of nitrogens with one attached hydrogen (secondary N) is 1. The van der Waals surface area contributed by atoms with Crippen LogP contribution in [0.2, 0.25) is 0 Å². The molecule has 2 aromatic heterocycles. The number of sulfonamides is 1. The van der Waals surface area contributed by atoms with Gasteiger partial charge in [-0.2, -0.15) is 0 Å². The fourth-order valence-electron chi connectivity index (χ4n) is 3.03. The molecule has 0 unspecified atom stereocenters. The molecule has 8 heteroatoms. The standard InChI is InChI=1S/C20H22N2O4S2/c1-2-25-16-9-4-3-6-15(16)12-22-28(23,24)19-11-10-18(27-19)17-13-21-20(26-17)14-7-5-8-14/h3-4,6,9-11,13-14,22H,2,5,7-8,12H2,1H3. The van der Waals surface area contributed by atoms with Crippen molar-refractivity contribution >= 4 is 21.4 Å². The van der Waals surface area contributed by atoms with Crippen LogP contribution in [-0.4, -0.2) is 20.0 Å². The Hall–Kier alpha value is -2.16. The highest BCUT2D eigenvalue weighted by Crippen LogP contribution is 2.38. The van der Waals surface area contributed by atoms with Gasteiger partial charge in [-0.25, -0.2) is 18.1 Å². The van der Waals surface area contributed by atoms with E-state index < -0.39 is 10.0 Å². The van der Waals surface area contributed by atoms with E-state index in [0.29, 0.717) is 24.0 Å². The van der Waals surface area contributed by atoms with E-state index in [-0.39, 0.29) is 10.8 Å². The van der Waals surface area contributed by atoms with Crippen molar-refractivity contribution in [1.29, 1.82) is 0 Å². The number of aromatic nitrogens is 1. The zero-order valence-electron chi connectivity index (χ0n) is 15.6. The number of thiophene rings is 1. The van der Waals surface area contributed by atoms with Crippen molar-refractivity contribution in [3.63, 3.8) is 0 Å². The molecule has 0 radical (unpaired) electrons. The van der Waals surface area contributed by atoms with E-state index in [2.05, 4.69) is 9.71 Å². The predicted molar refractivity (Wildman–Crippen MR) is 108 cm³/mol. The Morgan fingerprint density at radius 2 is 2.07 bits per heavy atom. The molecule has 0 spiro atoms. The molecule has 6 nitrogen and oxygen atoms in total. The molecule has 1 aromatic carbocycles. The van der Waals surface area contributed by atoms with Crippen LogP contribution in [0.3, 0.4) is 0 Å². The smallest absolute Gasteiger partial charge is 0.250 e. The first-order valence-corrected chi connectivity index (χ1v) is 11.6. The van der Waals surface area contributed by atoms with Gasteiger partial charge in [0.1, 0.15) is 9.96 Å². The van der Waals surface area contributed by atoms with Crippen LogP contribution in [-0.2, 0) is 16.6 Å². The van der Waals surface area contributed by atoms with Crippen molar-refractivity contribution in [3.05, 3.63) is 54.0 Å². The highest BCUT2D eigenvalue weighted by atomic mass is 32.2. The fraction of sp³-hybridized carbons (Fsp3) is 0.350. The van der Waals surface area contributed by atoms with Crippen LogP contribution in [0.1, 0.15) is 43.6 Å². The first-order chi connectivity index (χ1) is 13.6. The topological polar surface area (TPSA) is 81.4 Å². The van der Waals surface area contributed by atoms with Crippen LogP contribution in [0.5, 0.6) is 5.75 Å². The number of hydrogen-bond acceptors (Lipinski definition) is 6. The van der Waals surface area contributed by atoms with E-state index in [1.165, 1.54) is 17.8 Å². The van der Waals surface area contributed by atoms with E-state index in [1.807, 2.05) is 31.2 Å². The quantitative estimate of drug-likeness (QED) is 0.580. The third kappa shape index (κ3) is 3.99. The van der Waals surface area contributed by atoms with Gasteiger partial charge in [0.15, 0.2) is 11.7 Å². The van der Waals surface area contributed by atoms with Crippen LogP contribution in [0.25, 0.3) is 10.6 Å². The minimum atomic E-state index is -3.63. The second-order valence-electron chi connectivity index (χ2n) is 6.67. The van der Waals surface area contributed by atoms with Crippen molar-refractivity contribution < 1.29 is 17.6 Å². The van der Waals surface area contributed by atoms with E-state index in [9.17, 15) is 8.42 Å². The minimum absolute atomic E-state index is 0.167. The average Bonchev–Trinajstić information content (AvgIpc) is 3.30. The van der Waals surface area contributed by atoms with Gasteiger partial charge in [-0.05, 0) is 38.0 Å². The van der Waals surface area contributed by atoms with E-state index in [0.717, 1.165) is 29.2 Å². The summed E-state index contributed by atoms with van der Waals surface area (Å²) in [4.78, 5) is 5.11. The largest absolute Gasteiger partial charge is 0.494 e. The van der Waals surface area contributed by atoms with Gasteiger partial charge in [0, 0.05) is 18.0 Å². The molecule has 1 aliphatic carbocycles. The average molecular weight is 419 g/mol. The molecule has 0 atom stereocenters. The lowest BCUT2D eigenvalue weighted by atomic mass is 9.85. The normalized spacial score (nSPS) is 14.8. The Morgan fingerprint density at radius 3 is 2.82 bits per heavy atom. The molecule has 0 saturated heterocycles. The lowest BCUT2D eigenvalue weighted by Gasteiger charge is -2.21. The summed E-state index contributed by atoms with van der Waals surface area (Å²) in [5, 5.41) is 0. The molecule has 0 aliphatic heterocycles. The molecule has 148 valence electrons. The monoisotopic (exact) mass is 418 g/mol. The summed E-state index contributed by atoms with van der Waals surface area (Å²) in [5.41, 5.74) is 0.796. The van der Waals surface area contributed by atoms with Crippen molar-refractivity contribution in [1.82, 2.24) is 9.71 Å². The molecule has 1 saturated carbocycles. The molecule has 1 fully saturated rings. The number of rotatable bonds is 8. The maximum absolute atomic E-state index is 12.7. The summed E-state index contributed by atoms with van der Waals surface area (Å²) in [6.07, 6.45) is 5.11. The van der Waals surface area contributed by atoms with Gasteiger partial charge in [0.05, 0.1) is 17.7 Å². The maximum Gasteiger partial charge on any atom is 0.250 e. The molecule has 1 N–H and O–H groups in total. The van der Waals surface area contributed by atoms with Crippen LogP contribution in [0.15, 0.2) is 51.2 Å². The van der Waals surface area contributed by atoms with Gasteiger partial charge in [-0.3, -0.25) is 0 Å². The number of hydrogen-bond donors (Lipinski definition) is 1. The van der Waals surface area contributed by atoms with Gasteiger partial charge in [-0.1, -0.05) is 24.6 Å². The zero-order valence-corrected chi connectivity index (χ0v) is 17.2. The SMILES string of the molecule is CCOc1ccccc1CNS(=O)(=O)c1ccc(-c2cnc(C3CCC3)o2)s1. The molecule has 0 bridgehead atoms. The number of benzene rings is 1. The zero-order chi connectivity index (χ0) is 19.6. The molecule has 3 aromatic rings. The Labute approximate surface area is 168 Å². The highest BCUT2D eigenvalue weighted by molar-refractivity contribution is 7.91. The van der Waals surface area contributed by atoms with Gasteiger partial charge in [-0.15, -0.1) is 11.3 Å². The van der Waals surface area contributed by atoms with Crippen LogP contribution in [0.4, 0.5) is 0 Å². The van der Waals surface area contributed by atoms with Gasteiger partial charge in [0.25, 0.3) is 0 Å². The lowest BCUT2D eigenvalue weighted by molar-refractivity contribution is 0.336.